The van der Waals surface area contributed by atoms with E-state index in [4.69, 9.17) is 5.73 Å². The number of carbonyl (C=O) groups is 1. The van der Waals surface area contributed by atoms with Gasteiger partial charge >= 0.3 is 0 Å². The molecule has 1 rings (SSSR count). The number of rotatable bonds is 5. The maximum Gasteiger partial charge on any atom is 0.241 e. The van der Waals surface area contributed by atoms with Crippen LogP contribution in [-0.4, -0.2) is 39.4 Å². The topological polar surface area (TPSA) is 92.5 Å². The molecule has 3 N–H and O–H groups in total. The van der Waals surface area contributed by atoms with Crippen LogP contribution in [0.3, 0.4) is 0 Å². The Morgan fingerprint density at radius 1 is 1.43 bits per heavy atom. The number of halogens is 1. The third kappa shape index (κ3) is 3.70. The van der Waals surface area contributed by atoms with Crippen LogP contribution in [0.2, 0.25) is 0 Å². The summed E-state index contributed by atoms with van der Waals surface area (Å²) in [7, 11) is -2.37. The zero-order valence-corrected chi connectivity index (χ0v) is 13.3. The molecule has 118 valence electrons. The van der Waals surface area contributed by atoms with E-state index in [0.29, 0.717) is 6.54 Å². The first-order valence-corrected chi connectivity index (χ1v) is 7.89. The van der Waals surface area contributed by atoms with E-state index in [2.05, 4.69) is 4.72 Å². The fourth-order valence-electron chi connectivity index (χ4n) is 1.88. The number of nitrogens with two attached hydrogens (primary N) is 1. The number of nitrogens with one attached hydrogen (secondary N) is 1. The molecule has 1 amide bonds. The molecule has 8 heteroatoms. The van der Waals surface area contributed by atoms with E-state index in [0.717, 1.165) is 6.07 Å². The van der Waals surface area contributed by atoms with Gasteiger partial charge in [0.2, 0.25) is 15.9 Å². The van der Waals surface area contributed by atoms with Gasteiger partial charge in [0.05, 0.1) is 17.1 Å². The Kier molecular flexibility index (Phi) is 5.30. The molecule has 0 heterocycles. The van der Waals surface area contributed by atoms with E-state index >= 15 is 0 Å². The van der Waals surface area contributed by atoms with E-state index in [1.165, 1.54) is 18.7 Å². The molecule has 0 radical (unpaired) electrons. The number of hydrogen-bond acceptors (Lipinski definition) is 4. The Bertz CT molecular complexity index is 659. The number of sulfonamides is 1. The standard InChI is InChI=1S/C13H20FN3O3S/c1-5-17(4)11(18)7-16-21(19,20)13-8(2)6-10(14)12(15)9(13)3/h6,16H,5,7,15H2,1-4H3. The van der Waals surface area contributed by atoms with E-state index in [-0.39, 0.29) is 34.2 Å². The van der Waals surface area contributed by atoms with E-state index in [1.54, 1.807) is 14.0 Å². The largest absolute Gasteiger partial charge is 0.396 e. The van der Waals surface area contributed by atoms with Crippen LogP contribution in [-0.2, 0) is 14.8 Å². The maximum absolute atomic E-state index is 13.5. The molecule has 0 bridgehead atoms. The van der Waals surface area contributed by atoms with Crippen LogP contribution in [0.1, 0.15) is 18.1 Å². The van der Waals surface area contributed by atoms with E-state index in [1.807, 2.05) is 0 Å². The van der Waals surface area contributed by atoms with Crippen molar-refractivity contribution >= 4 is 21.6 Å². The molecule has 0 aliphatic rings. The molecule has 0 aromatic heterocycles. The van der Waals surface area contributed by atoms with Crippen molar-refractivity contribution in [3.63, 3.8) is 0 Å². The van der Waals surface area contributed by atoms with E-state index in [9.17, 15) is 17.6 Å². The molecule has 0 unspecified atom stereocenters. The lowest BCUT2D eigenvalue weighted by atomic mass is 10.1. The van der Waals surface area contributed by atoms with Gasteiger partial charge in [-0.15, -0.1) is 0 Å². The summed E-state index contributed by atoms with van der Waals surface area (Å²) in [5.74, 6) is -1.02. The Hall–Kier alpha value is -1.67. The molecule has 21 heavy (non-hydrogen) atoms. The molecular formula is C13H20FN3O3S. The van der Waals surface area contributed by atoms with Crippen molar-refractivity contribution in [1.82, 2.24) is 9.62 Å². The number of carbonyl (C=O) groups excluding carboxylic acids is 1. The average Bonchev–Trinajstić information content (AvgIpc) is 2.41. The zero-order valence-electron chi connectivity index (χ0n) is 12.5. The number of benzene rings is 1. The highest BCUT2D eigenvalue weighted by Crippen LogP contribution is 2.27. The second-order valence-corrected chi connectivity index (χ2v) is 6.48. The van der Waals surface area contributed by atoms with Crippen LogP contribution in [0.25, 0.3) is 0 Å². The average molecular weight is 317 g/mol. The van der Waals surface area contributed by atoms with Crippen molar-refractivity contribution in [3.05, 3.63) is 23.0 Å². The number of nitrogens with zero attached hydrogens (tertiary/aromatic N) is 1. The Balaban J connectivity index is 3.10. The van der Waals surface area contributed by atoms with Gasteiger partial charge in [0.15, 0.2) is 0 Å². The minimum atomic E-state index is -3.94. The Labute approximate surface area is 124 Å². The molecule has 0 saturated heterocycles. The Morgan fingerprint density at radius 3 is 2.52 bits per heavy atom. The lowest BCUT2D eigenvalue weighted by molar-refractivity contribution is -0.128. The van der Waals surface area contributed by atoms with Gasteiger partial charge in [-0.3, -0.25) is 4.79 Å². The van der Waals surface area contributed by atoms with Crippen LogP contribution >= 0.6 is 0 Å². The van der Waals surface area contributed by atoms with Crippen molar-refractivity contribution in [1.29, 1.82) is 0 Å². The monoisotopic (exact) mass is 317 g/mol. The summed E-state index contributed by atoms with van der Waals surface area (Å²) < 4.78 is 40.3. The number of anilines is 1. The summed E-state index contributed by atoms with van der Waals surface area (Å²) in [6.45, 7) is 4.80. The second-order valence-electron chi connectivity index (χ2n) is 4.78. The summed E-state index contributed by atoms with van der Waals surface area (Å²) in [5.41, 5.74) is 5.70. The van der Waals surface area contributed by atoms with Crippen LogP contribution in [0, 0.1) is 19.7 Å². The fraction of sp³-hybridized carbons (Fsp3) is 0.462. The summed E-state index contributed by atoms with van der Waals surface area (Å²) in [5, 5.41) is 0. The highest BCUT2D eigenvalue weighted by molar-refractivity contribution is 7.89. The third-order valence-corrected chi connectivity index (χ3v) is 4.98. The van der Waals surface area contributed by atoms with Crippen molar-refractivity contribution in [2.75, 3.05) is 25.9 Å². The van der Waals surface area contributed by atoms with Crippen molar-refractivity contribution in [2.45, 2.75) is 25.7 Å². The molecule has 0 spiro atoms. The van der Waals surface area contributed by atoms with Crippen molar-refractivity contribution in [2.24, 2.45) is 0 Å². The molecule has 0 saturated carbocycles. The van der Waals surface area contributed by atoms with Gasteiger partial charge in [0.25, 0.3) is 0 Å². The molecule has 6 nitrogen and oxygen atoms in total. The highest BCUT2D eigenvalue weighted by atomic mass is 32.2. The van der Waals surface area contributed by atoms with Gasteiger partial charge in [0, 0.05) is 13.6 Å². The third-order valence-electron chi connectivity index (χ3n) is 3.29. The van der Waals surface area contributed by atoms with Gasteiger partial charge in [-0.25, -0.2) is 17.5 Å². The van der Waals surface area contributed by atoms with E-state index < -0.39 is 15.8 Å². The number of hydrogen-bond donors (Lipinski definition) is 2. The minimum Gasteiger partial charge on any atom is -0.396 e. The highest BCUT2D eigenvalue weighted by Gasteiger charge is 2.23. The molecule has 0 fully saturated rings. The number of nitrogen functional groups attached to an aromatic ring is 1. The van der Waals surface area contributed by atoms with Crippen LogP contribution < -0.4 is 10.5 Å². The maximum atomic E-state index is 13.5. The quantitative estimate of drug-likeness (QED) is 0.785. The lowest BCUT2D eigenvalue weighted by Gasteiger charge is -2.17. The lowest BCUT2D eigenvalue weighted by Crippen LogP contribution is -2.38. The van der Waals surface area contributed by atoms with Crippen LogP contribution in [0.5, 0.6) is 0 Å². The number of likely N-dealkylation sites (N-methyl/N-ethyl adjacent to an activating group) is 1. The Morgan fingerprint density at radius 2 is 2.00 bits per heavy atom. The fourth-order valence-corrected chi connectivity index (χ4v) is 3.34. The minimum absolute atomic E-state index is 0.0895. The van der Waals surface area contributed by atoms with Gasteiger partial charge in [-0.1, -0.05) is 0 Å². The normalized spacial score (nSPS) is 11.5. The summed E-state index contributed by atoms with van der Waals surface area (Å²) in [4.78, 5) is 13.0. The smallest absolute Gasteiger partial charge is 0.241 e. The van der Waals surface area contributed by atoms with Crippen LogP contribution in [0.4, 0.5) is 10.1 Å². The van der Waals surface area contributed by atoms with Gasteiger partial charge in [0.1, 0.15) is 5.82 Å². The molecular weight excluding hydrogens is 297 g/mol. The molecule has 0 atom stereocenters. The molecule has 0 aliphatic carbocycles. The van der Waals surface area contributed by atoms with Crippen molar-refractivity contribution < 1.29 is 17.6 Å². The summed E-state index contributed by atoms with van der Waals surface area (Å²) >= 11 is 0. The number of aryl methyl sites for hydroxylation is 1. The van der Waals surface area contributed by atoms with Crippen LogP contribution in [0.15, 0.2) is 11.0 Å². The predicted molar refractivity (Wildman–Crippen MR) is 78.8 cm³/mol. The molecule has 0 aliphatic heterocycles. The first-order chi connectivity index (χ1) is 9.61. The molecule has 1 aromatic rings. The number of amides is 1. The SMILES string of the molecule is CCN(C)C(=O)CNS(=O)(=O)c1c(C)cc(F)c(N)c1C. The summed E-state index contributed by atoms with van der Waals surface area (Å²) in [6.07, 6.45) is 0. The second kappa shape index (κ2) is 6.40. The van der Waals surface area contributed by atoms with Gasteiger partial charge in [-0.2, -0.15) is 0 Å². The predicted octanol–water partition coefficient (Wildman–Crippen LogP) is 0.781. The molecule has 1 aromatic carbocycles. The zero-order chi connectivity index (χ0) is 16.4. The van der Waals surface area contributed by atoms with Gasteiger partial charge < -0.3 is 10.6 Å². The summed E-state index contributed by atoms with van der Waals surface area (Å²) in [6, 6.07) is 1.07. The first kappa shape index (κ1) is 17.4. The first-order valence-electron chi connectivity index (χ1n) is 6.40. The van der Waals surface area contributed by atoms with Gasteiger partial charge in [-0.05, 0) is 38.0 Å². The van der Waals surface area contributed by atoms with Crippen molar-refractivity contribution in [3.8, 4) is 0 Å².